The fourth-order valence-electron chi connectivity index (χ4n) is 3.23. The van der Waals surface area contributed by atoms with Crippen molar-refractivity contribution in [3.63, 3.8) is 0 Å². The number of aromatic hydroxyl groups is 1. The SMILES string of the molecule is C[C@@H]1CN(S(=O)(=O)c2c(Cl)ccc(NC(=O)Nc3cccc(Cl)c3Cl)c2O)C[C@H](C)O1. The van der Waals surface area contributed by atoms with Crippen LogP contribution in [0.1, 0.15) is 13.8 Å². The molecular formula is C19H20Cl3N3O5S. The Kier molecular flexibility index (Phi) is 7.25. The topological polar surface area (TPSA) is 108 Å². The van der Waals surface area contributed by atoms with Crippen LogP contribution in [0.15, 0.2) is 35.2 Å². The van der Waals surface area contributed by atoms with Crippen LogP contribution < -0.4 is 10.6 Å². The van der Waals surface area contributed by atoms with Crippen LogP contribution in [0.3, 0.4) is 0 Å². The molecule has 0 aliphatic carbocycles. The lowest BCUT2D eigenvalue weighted by Gasteiger charge is -2.34. The zero-order valence-electron chi connectivity index (χ0n) is 16.5. The van der Waals surface area contributed by atoms with Crippen molar-refractivity contribution in [2.45, 2.75) is 31.0 Å². The summed E-state index contributed by atoms with van der Waals surface area (Å²) in [5.41, 5.74) is 0.0947. The van der Waals surface area contributed by atoms with Gasteiger partial charge in [0.15, 0.2) is 5.75 Å². The van der Waals surface area contributed by atoms with Gasteiger partial charge in [-0.15, -0.1) is 0 Å². The maximum Gasteiger partial charge on any atom is 0.323 e. The van der Waals surface area contributed by atoms with E-state index in [1.807, 2.05) is 0 Å². The molecule has 0 spiro atoms. The van der Waals surface area contributed by atoms with Crippen LogP contribution in [-0.2, 0) is 14.8 Å². The Bertz CT molecular complexity index is 1100. The van der Waals surface area contributed by atoms with E-state index in [1.54, 1.807) is 26.0 Å². The Balaban J connectivity index is 1.88. The minimum atomic E-state index is -4.16. The summed E-state index contributed by atoms with van der Waals surface area (Å²) in [6, 6.07) is 6.50. The van der Waals surface area contributed by atoms with E-state index in [0.717, 1.165) is 0 Å². The normalized spacial score (nSPS) is 19.8. The van der Waals surface area contributed by atoms with E-state index >= 15 is 0 Å². The second kappa shape index (κ2) is 9.40. The molecule has 0 unspecified atom stereocenters. The lowest BCUT2D eigenvalue weighted by atomic mass is 10.3. The van der Waals surface area contributed by atoms with E-state index in [9.17, 15) is 18.3 Å². The molecule has 3 rings (SSSR count). The standard InChI is InChI=1S/C19H20Cl3N3O5S/c1-10-8-25(9-11(2)30-10)31(28,29)18-13(21)6-7-15(17(18)26)24-19(27)23-14-5-3-4-12(20)16(14)22/h3-7,10-11,26H,8-9H2,1-2H3,(H2,23,24,27)/t10-,11+. The summed E-state index contributed by atoms with van der Waals surface area (Å²) in [6.45, 7) is 3.72. The number of phenolic OH excluding ortho intramolecular Hbond substituents is 1. The van der Waals surface area contributed by atoms with Gasteiger partial charge in [0, 0.05) is 13.1 Å². The fraction of sp³-hybridized carbons (Fsp3) is 0.316. The van der Waals surface area contributed by atoms with Crippen molar-refractivity contribution in [2.75, 3.05) is 23.7 Å². The molecular weight excluding hydrogens is 489 g/mol. The zero-order chi connectivity index (χ0) is 22.9. The third-order valence-electron chi connectivity index (χ3n) is 4.52. The highest BCUT2D eigenvalue weighted by Crippen LogP contribution is 2.39. The van der Waals surface area contributed by atoms with Gasteiger partial charge in [0.1, 0.15) is 4.90 Å². The van der Waals surface area contributed by atoms with Crippen LogP contribution in [-0.4, -0.2) is 49.2 Å². The Labute approximate surface area is 195 Å². The number of urea groups is 1. The lowest BCUT2D eigenvalue weighted by molar-refractivity contribution is -0.0441. The van der Waals surface area contributed by atoms with Crippen molar-refractivity contribution in [1.82, 2.24) is 4.31 Å². The van der Waals surface area contributed by atoms with Crippen molar-refractivity contribution in [3.8, 4) is 5.75 Å². The number of anilines is 2. The number of nitrogens with zero attached hydrogens (tertiary/aromatic N) is 1. The van der Waals surface area contributed by atoms with Gasteiger partial charge in [0.2, 0.25) is 10.0 Å². The fourth-order valence-corrected chi connectivity index (χ4v) is 5.76. The maximum atomic E-state index is 13.2. The predicted octanol–water partition coefficient (Wildman–Crippen LogP) is 4.79. The molecule has 2 aromatic rings. The molecule has 2 atom stereocenters. The van der Waals surface area contributed by atoms with E-state index in [-0.39, 0.29) is 51.7 Å². The number of carbonyl (C=O) groups excluding carboxylic acids is 1. The van der Waals surface area contributed by atoms with Crippen molar-refractivity contribution >= 4 is 62.2 Å². The van der Waals surface area contributed by atoms with Gasteiger partial charge in [-0.05, 0) is 38.1 Å². The summed E-state index contributed by atoms with van der Waals surface area (Å²) in [7, 11) is -4.16. The number of sulfonamides is 1. The van der Waals surface area contributed by atoms with Crippen LogP contribution in [0, 0.1) is 0 Å². The number of phenols is 1. The molecule has 3 N–H and O–H groups in total. The largest absolute Gasteiger partial charge is 0.504 e. The Morgan fingerprint density at radius 1 is 1.03 bits per heavy atom. The average molecular weight is 509 g/mol. The molecule has 1 aliphatic rings. The Morgan fingerprint density at radius 3 is 2.29 bits per heavy atom. The van der Waals surface area contributed by atoms with Gasteiger partial charge in [-0.2, -0.15) is 4.31 Å². The number of amides is 2. The predicted molar refractivity (Wildman–Crippen MR) is 121 cm³/mol. The highest BCUT2D eigenvalue weighted by atomic mass is 35.5. The van der Waals surface area contributed by atoms with Crippen LogP contribution in [0.25, 0.3) is 0 Å². The first-order valence-corrected chi connectivity index (χ1v) is 11.8. The molecule has 1 aliphatic heterocycles. The van der Waals surface area contributed by atoms with Gasteiger partial charge < -0.3 is 20.5 Å². The first-order valence-electron chi connectivity index (χ1n) is 9.19. The maximum absolute atomic E-state index is 13.2. The third-order valence-corrected chi connectivity index (χ3v) is 7.67. The van der Waals surface area contributed by atoms with Gasteiger partial charge in [-0.3, -0.25) is 0 Å². The van der Waals surface area contributed by atoms with Crippen molar-refractivity contribution in [3.05, 3.63) is 45.4 Å². The summed E-state index contributed by atoms with van der Waals surface area (Å²) >= 11 is 18.1. The van der Waals surface area contributed by atoms with Gasteiger partial charge in [0.05, 0.1) is 38.7 Å². The first kappa shape index (κ1) is 23.9. The summed E-state index contributed by atoms with van der Waals surface area (Å²) in [4.78, 5) is 11.9. The van der Waals surface area contributed by atoms with Crippen molar-refractivity contribution in [1.29, 1.82) is 0 Å². The Hall–Kier alpha value is -1.75. The zero-order valence-corrected chi connectivity index (χ0v) is 19.6. The third kappa shape index (κ3) is 5.19. The molecule has 1 fully saturated rings. The van der Waals surface area contributed by atoms with E-state index in [2.05, 4.69) is 10.6 Å². The van der Waals surface area contributed by atoms with Gasteiger partial charge in [-0.25, -0.2) is 13.2 Å². The number of benzene rings is 2. The number of hydrogen-bond donors (Lipinski definition) is 3. The van der Waals surface area contributed by atoms with Crippen LogP contribution in [0.4, 0.5) is 16.2 Å². The number of hydrogen-bond acceptors (Lipinski definition) is 5. The van der Waals surface area contributed by atoms with Gasteiger partial charge in [-0.1, -0.05) is 40.9 Å². The number of rotatable bonds is 4. The summed E-state index contributed by atoms with van der Waals surface area (Å²) in [5, 5.41) is 15.8. The van der Waals surface area contributed by atoms with Crippen molar-refractivity contribution < 1.29 is 23.1 Å². The molecule has 2 aromatic carbocycles. The van der Waals surface area contributed by atoms with Gasteiger partial charge >= 0.3 is 6.03 Å². The minimum absolute atomic E-state index is 0.105. The molecule has 8 nitrogen and oxygen atoms in total. The molecule has 168 valence electrons. The molecule has 1 heterocycles. The monoisotopic (exact) mass is 507 g/mol. The van der Waals surface area contributed by atoms with Crippen molar-refractivity contribution in [2.24, 2.45) is 0 Å². The van der Waals surface area contributed by atoms with E-state index in [1.165, 1.54) is 22.5 Å². The van der Waals surface area contributed by atoms with Crippen LogP contribution in [0.5, 0.6) is 5.75 Å². The van der Waals surface area contributed by atoms with Crippen LogP contribution >= 0.6 is 34.8 Å². The smallest absolute Gasteiger partial charge is 0.323 e. The van der Waals surface area contributed by atoms with E-state index in [0.29, 0.717) is 0 Å². The van der Waals surface area contributed by atoms with E-state index in [4.69, 9.17) is 39.5 Å². The van der Waals surface area contributed by atoms with Gasteiger partial charge in [0.25, 0.3) is 0 Å². The number of nitrogens with one attached hydrogen (secondary N) is 2. The Morgan fingerprint density at radius 2 is 1.65 bits per heavy atom. The number of halogens is 3. The average Bonchev–Trinajstić information content (AvgIpc) is 2.67. The molecule has 0 aromatic heterocycles. The molecule has 12 heteroatoms. The lowest BCUT2D eigenvalue weighted by Crippen LogP contribution is -2.48. The highest BCUT2D eigenvalue weighted by Gasteiger charge is 2.36. The summed E-state index contributed by atoms with van der Waals surface area (Å²) in [5.74, 6) is -0.674. The summed E-state index contributed by atoms with van der Waals surface area (Å²) in [6.07, 6.45) is -0.650. The molecule has 0 saturated carbocycles. The number of ether oxygens (including phenoxy) is 1. The minimum Gasteiger partial charge on any atom is -0.504 e. The molecule has 31 heavy (non-hydrogen) atoms. The molecule has 0 bridgehead atoms. The summed E-state index contributed by atoms with van der Waals surface area (Å²) < 4.78 is 33.2. The highest BCUT2D eigenvalue weighted by molar-refractivity contribution is 7.89. The second-order valence-corrected chi connectivity index (χ2v) is 10.1. The molecule has 2 amide bonds. The second-order valence-electron chi connectivity index (χ2n) is 7.03. The quantitative estimate of drug-likeness (QED) is 0.514. The number of carbonyl (C=O) groups is 1. The number of morpholine rings is 1. The van der Waals surface area contributed by atoms with E-state index < -0.39 is 26.7 Å². The molecule has 1 saturated heterocycles. The van der Waals surface area contributed by atoms with Crippen LogP contribution in [0.2, 0.25) is 15.1 Å². The first-order chi connectivity index (χ1) is 14.5. The molecule has 0 radical (unpaired) electrons.